The molecular weight excluding hydrogens is 378 g/mol. The number of benzene rings is 1. The zero-order valence-corrected chi connectivity index (χ0v) is 15.0. The fourth-order valence-electron chi connectivity index (χ4n) is 2.25. The molecule has 0 saturated heterocycles. The number of carbonyl (C=O) groups is 1. The number of hydrogen-bond donors (Lipinski definition) is 2. The molecule has 3 rings (SSSR count). The van der Waals surface area contributed by atoms with Crippen molar-refractivity contribution < 1.29 is 9.90 Å². The molecule has 1 atom stereocenters. The molecule has 8 heteroatoms. The third-order valence-electron chi connectivity index (χ3n) is 3.44. The highest BCUT2D eigenvalue weighted by Crippen LogP contribution is 2.33. The molecule has 0 fully saturated rings. The van der Waals surface area contributed by atoms with Gasteiger partial charge in [0.2, 0.25) is 0 Å². The zero-order chi connectivity index (χ0) is 18.0. The number of aromatic nitrogens is 2. The zero-order valence-electron chi connectivity index (χ0n) is 12.5. The molecule has 1 N–H and O–H groups in total. The van der Waals surface area contributed by atoms with Gasteiger partial charge in [-0.1, -0.05) is 29.8 Å². The fourth-order valence-corrected chi connectivity index (χ4v) is 3.47. The van der Waals surface area contributed by atoms with Crippen LogP contribution in [0.4, 0.5) is 0 Å². The third-order valence-corrected chi connectivity index (χ3v) is 5.12. The first-order valence-corrected chi connectivity index (χ1v) is 8.81. The van der Waals surface area contributed by atoms with Crippen molar-refractivity contribution in [2.24, 2.45) is 0 Å². The summed E-state index contributed by atoms with van der Waals surface area (Å²) in [5, 5.41) is 19.8. The van der Waals surface area contributed by atoms with Crippen LogP contribution in [-0.4, -0.2) is 21.0 Å². The summed E-state index contributed by atoms with van der Waals surface area (Å²) in [6.45, 7) is 0. The van der Waals surface area contributed by atoms with Crippen molar-refractivity contribution in [1.29, 1.82) is 5.26 Å². The van der Waals surface area contributed by atoms with Gasteiger partial charge in [-0.15, -0.1) is 11.3 Å². The SMILES string of the molecule is N#Cc1c(Cl)nc(C(S)c2cccc(C(=O)O)c2)nc1-c1cccs1. The Morgan fingerprint density at radius 3 is 2.76 bits per heavy atom. The summed E-state index contributed by atoms with van der Waals surface area (Å²) in [6.07, 6.45) is 0. The third kappa shape index (κ3) is 3.51. The lowest BCUT2D eigenvalue weighted by Gasteiger charge is -2.13. The number of nitriles is 1. The summed E-state index contributed by atoms with van der Waals surface area (Å²) >= 11 is 12.1. The molecule has 0 aliphatic carbocycles. The lowest BCUT2D eigenvalue weighted by molar-refractivity contribution is 0.0696. The Balaban J connectivity index is 2.10. The van der Waals surface area contributed by atoms with Gasteiger partial charge in [-0.2, -0.15) is 17.9 Å². The van der Waals surface area contributed by atoms with E-state index in [1.165, 1.54) is 23.5 Å². The Morgan fingerprint density at radius 1 is 1.32 bits per heavy atom. The Morgan fingerprint density at radius 2 is 2.12 bits per heavy atom. The molecule has 2 aromatic heterocycles. The van der Waals surface area contributed by atoms with E-state index in [0.717, 1.165) is 4.88 Å². The van der Waals surface area contributed by atoms with Gasteiger partial charge in [0.05, 0.1) is 15.7 Å². The largest absolute Gasteiger partial charge is 0.478 e. The first-order chi connectivity index (χ1) is 12.0. The highest BCUT2D eigenvalue weighted by atomic mass is 35.5. The van der Waals surface area contributed by atoms with Gasteiger partial charge in [0, 0.05) is 0 Å². The van der Waals surface area contributed by atoms with E-state index in [4.69, 9.17) is 16.7 Å². The van der Waals surface area contributed by atoms with Crippen molar-refractivity contribution >= 4 is 41.5 Å². The molecule has 124 valence electrons. The topological polar surface area (TPSA) is 86.9 Å². The predicted molar refractivity (Wildman–Crippen MR) is 99.3 cm³/mol. The quantitative estimate of drug-likeness (QED) is 0.510. The standard InChI is InChI=1S/C17H10ClN3O2S2/c18-15-11(8-19)13(12-5-2-6-25-12)20-16(21-15)14(24)9-3-1-4-10(7-9)17(22)23/h1-7,14,24H,(H,22,23). The first-order valence-electron chi connectivity index (χ1n) is 7.04. The van der Waals surface area contributed by atoms with Crippen LogP contribution in [0, 0.1) is 11.3 Å². The second kappa shape index (κ2) is 7.23. The average molecular weight is 388 g/mol. The molecular formula is C17H10ClN3O2S2. The molecule has 0 aliphatic rings. The smallest absolute Gasteiger partial charge is 0.335 e. The fraction of sp³-hybridized carbons (Fsp3) is 0.0588. The summed E-state index contributed by atoms with van der Waals surface area (Å²) in [4.78, 5) is 20.6. The van der Waals surface area contributed by atoms with Gasteiger partial charge in [0.1, 0.15) is 23.2 Å². The number of hydrogen-bond acceptors (Lipinski definition) is 6. The minimum atomic E-state index is -1.03. The van der Waals surface area contributed by atoms with E-state index in [1.54, 1.807) is 12.1 Å². The Bertz CT molecular complexity index is 984. The summed E-state index contributed by atoms with van der Waals surface area (Å²) in [5.74, 6) is -0.723. The van der Waals surface area contributed by atoms with Crippen LogP contribution in [0.15, 0.2) is 41.8 Å². The predicted octanol–water partition coefficient (Wildman–Crippen LogP) is 4.45. The Kier molecular flexibility index (Phi) is 5.04. The highest BCUT2D eigenvalue weighted by Gasteiger charge is 2.20. The highest BCUT2D eigenvalue weighted by molar-refractivity contribution is 7.80. The van der Waals surface area contributed by atoms with E-state index >= 15 is 0 Å². The van der Waals surface area contributed by atoms with E-state index in [9.17, 15) is 10.1 Å². The lowest BCUT2D eigenvalue weighted by Crippen LogP contribution is -2.06. The second-order valence-electron chi connectivity index (χ2n) is 5.02. The maximum absolute atomic E-state index is 11.1. The van der Waals surface area contributed by atoms with Gasteiger partial charge in [-0.05, 0) is 29.1 Å². The molecule has 25 heavy (non-hydrogen) atoms. The molecule has 0 amide bonds. The molecule has 0 aliphatic heterocycles. The van der Waals surface area contributed by atoms with Crippen LogP contribution in [0.5, 0.6) is 0 Å². The van der Waals surface area contributed by atoms with Crippen molar-refractivity contribution in [3.63, 3.8) is 0 Å². The summed E-state index contributed by atoms with van der Waals surface area (Å²) in [7, 11) is 0. The molecule has 1 aromatic carbocycles. The Hall–Kier alpha value is -2.40. The minimum absolute atomic E-state index is 0.0457. The van der Waals surface area contributed by atoms with Crippen LogP contribution in [0.1, 0.15) is 32.6 Å². The van der Waals surface area contributed by atoms with Gasteiger partial charge in [0.15, 0.2) is 5.15 Å². The molecule has 0 radical (unpaired) electrons. The van der Waals surface area contributed by atoms with E-state index in [2.05, 4.69) is 22.6 Å². The lowest BCUT2D eigenvalue weighted by atomic mass is 10.1. The number of carboxylic acid groups (broad SMARTS) is 1. The number of aromatic carboxylic acids is 1. The molecule has 1 unspecified atom stereocenters. The van der Waals surface area contributed by atoms with Crippen molar-refractivity contribution in [2.45, 2.75) is 5.25 Å². The Labute approximate surface area is 158 Å². The summed E-state index contributed by atoms with van der Waals surface area (Å²) < 4.78 is 0. The number of rotatable bonds is 4. The number of thiol groups is 1. The normalized spacial score (nSPS) is 11.7. The molecule has 0 saturated carbocycles. The van der Waals surface area contributed by atoms with Crippen LogP contribution in [0.25, 0.3) is 10.6 Å². The summed E-state index contributed by atoms with van der Waals surface area (Å²) in [5.41, 5.74) is 1.42. The number of halogens is 1. The van der Waals surface area contributed by atoms with Crippen LogP contribution < -0.4 is 0 Å². The molecule has 3 aromatic rings. The monoisotopic (exact) mass is 387 g/mol. The van der Waals surface area contributed by atoms with E-state index in [1.807, 2.05) is 23.6 Å². The maximum Gasteiger partial charge on any atom is 0.335 e. The van der Waals surface area contributed by atoms with Crippen LogP contribution in [0.3, 0.4) is 0 Å². The first kappa shape index (κ1) is 17.4. The molecule has 0 spiro atoms. The van der Waals surface area contributed by atoms with Crippen molar-refractivity contribution in [3.05, 3.63) is 69.4 Å². The average Bonchev–Trinajstić information content (AvgIpc) is 3.15. The van der Waals surface area contributed by atoms with Crippen LogP contribution in [-0.2, 0) is 0 Å². The number of nitrogens with zero attached hydrogens (tertiary/aromatic N) is 3. The van der Waals surface area contributed by atoms with Gasteiger partial charge < -0.3 is 5.11 Å². The van der Waals surface area contributed by atoms with Gasteiger partial charge >= 0.3 is 5.97 Å². The molecule has 5 nitrogen and oxygen atoms in total. The van der Waals surface area contributed by atoms with Crippen molar-refractivity contribution in [1.82, 2.24) is 9.97 Å². The summed E-state index contributed by atoms with van der Waals surface area (Å²) in [6, 6.07) is 12.1. The van der Waals surface area contributed by atoms with E-state index < -0.39 is 11.2 Å². The number of carboxylic acids is 1. The minimum Gasteiger partial charge on any atom is -0.478 e. The molecule has 2 heterocycles. The second-order valence-corrected chi connectivity index (χ2v) is 6.84. The maximum atomic E-state index is 11.1. The number of thiophene rings is 1. The van der Waals surface area contributed by atoms with Crippen LogP contribution in [0.2, 0.25) is 5.15 Å². The molecule has 0 bridgehead atoms. The van der Waals surface area contributed by atoms with E-state index in [-0.39, 0.29) is 16.3 Å². The van der Waals surface area contributed by atoms with Crippen molar-refractivity contribution in [2.75, 3.05) is 0 Å². The van der Waals surface area contributed by atoms with Gasteiger partial charge in [0.25, 0.3) is 0 Å². The van der Waals surface area contributed by atoms with Crippen LogP contribution >= 0.6 is 35.6 Å². The van der Waals surface area contributed by atoms with Gasteiger partial charge in [-0.3, -0.25) is 0 Å². The van der Waals surface area contributed by atoms with Crippen molar-refractivity contribution in [3.8, 4) is 16.6 Å². The van der Waals surface area contributed by atoms with Gasteiger partial charge in [-0.25, -0.2) is 14.8 Å². The van der Waals surface area contributed by atoms with E-state index in [0.29, 0.717) is 17.1 Å².